The number of allylic oxidation sites excluding steroid dienone is 4. The first-order chi connectivity index (χ1) is 29.1. The van der Waals surface area contributed by atoms with Gasteiger partial charge in [-0.25, -0.2) is 0 Å². The number of nitrogens with one attached hydrogen (secondary N) is 1. The van der Waals surface area contributed by atoms with Crippen molar-refractivity contribution in [3.63, 3.8) is 0 Å². The first kappa shape index (κ1) is 34.4. The molecule has 0 saturated heterocycles. The monoisotopic (exact) mass is 760 g/mol. The molecule has 2 aliphatic rings. The normalized spacial score (nSPS) is 14.6. The number of aromatic nitrogens is 1. The van der Waals surface area contributed by atoms with Gasteiger partial charge in [-0.1, -0.05) is 106 Å². The number of nitrogens with zero attached hydrogens (tertiary/aromatic N) is 2. The second-order valence-corrected chi connectivity index (χ2v) is 16.8. The van der Waals surface area contributed by atoms with E-state index < -0.39 is 0 Å². The Hall–Kier alpha value is -6.68. The summed E-state index contributed by atoms with van der Waals surface area (Å²) < 4.78 is 3.00. The van der Waals surface area contributed by atoms with Gasteiger partial charge in [-0.05, 0) is 107 Å². The highest BCUT2D eigenvalue weighted by atomic mass is 15.4. The second-order valence-electron chi connectivity index (χ2n) is 16.8. The van der Waals surface area contributed by atoms with Crippen molar-refractivity contribution in [3.8, 4) is 5.69 Å². The number of anilines is 2. The van der Waals surface area contributed by atoms with E-state index in [0.717, 1.165) is 18.5 Å². The Morgan fingerprint density at radius 2 is 1.02 bits per heavy atom. The molecular weight excluding hydrogens is 715 g/mol. The Balaban J connectivity index is 1.25. The standard InChI is InChI=1S/C56H46N3/c1-3-5-10-36-14-24-42(25-15-36)57-55-51-38-18-20-39(21-19-38)53(51)56(59(45-28-29-46(59)31-30-45)44-26-16-37(17-27-44)11-6-4-2)54-41-23-33-50-48(35-41)47-34-40(52(54)55)22-32-49(47)58(50)43-12-8-7-9-13-43/h7-9,12-35,57H,3-6,10-11H2,1-2H3/q+1. The molecule has 10 aromatic carbocycles. The van der Waals surface area contributed by atoms with Gasteiger partial charge in [0, 0.05) is 69.4 Å². The summed E-state index contributed by atoms with van der Waals surface area (Å²) in [6.45, 7) is 4.55. The lowest BCUT2D eigenvalue weighted by molar-refractivity contribution is 0.643. The largest absolute Gasteiger partial charge is 0.354 e. The molecule has 0 atom stereocenters. The fourth-order valence-electron chi connectivity index (χ4n) is 10.6. The minimum absolute atomic E-state index is 0.557. The topological polar surface area (TPSA) is 17.0 Å². The van der Waals surface area contributed by atoms with E-state index in [9.17, 15) is 0 Å². The molecule has 8 bridgehead atoms. The van der Waals surface area contributed by atoms with E-state index >= 15 is 0 Å². The summed E-state index contributed by atoms with van der Waals surface area (Å²) in [5.41, 5.74) is 13.9. The number of benzene rings is 9. The molecular formula is C56H46N3+. The van der Waals surface area contributed by atoms with Crippen LogP contribution in [0, 0.1) is 0 Å². The molecule has 0 aliphatic carbocycles. The van der Waals surface area contributed by atoms with E-state index in [1.807, 2.05) is 0 Å². The maximum Gasteiger partial charge on any atom is 0.165 e. The van der Waals surface area contributed by atoms with E-state index in [0.29, 0.717) is 4.48 Å². The first-order valence-electron chi connectivity index (χ1n) is 21.6. The van der Waals surface area contributed by atoms with Crippen LogP contribution in [-0.4, -0.2) is 4.57 Å². The molecule has 0 unspecified atom stereocenters. The van der Waals surface area contributed by atoms with Gasteiger partial charge in [0.1, 0.15) is 17.1 Å². The van der Waals surface area contributed by atoms with Crippen molar-refractivity contribution < 1.29 is 0 Å². The minimum atomic E-state index is 0.557. The van der Waals surface area contributed by atoms with Gasteiger partial charge in [-0.15, -0.1) is 0 Å². The second kappa shape index (κ2) is 13.2. The average Bonchev–Trinajstić information content (AvgIpc) is 3.94. The van der Waals surface area contributed by atoms with Crippen LogP contribution < -0.4 is 9.80 Å². The molecule has 3 heterocycles. The van der Waals surface area contributed by atoms with Gasteiger partial charge in [-0.3, -0.25) is 0 Å². The van der Waals surface area contributed by atoms with Crippen LogP contribution in [0.1, 0.15) is 50.7 Å². The van der Waals surface area contributed by atoms with E-state index in [1.165, 1.54) is 136 Å². The maximum absolute atomic E-state index is 4.13. The van der Waals surface area contributed by atoms with Gasteiger partial charge >= 0.3 is 0 Å². The third-order valence-corrected chi connectivity index (χ3v) is 13.4. The summed E-state index contributed by atoms with van der Waals surface area (Å²) in [4.78, 5) is 0. The fraction of sp³-hybridized carbons (Fsp3) is 0.143. The smallest absolute Gasteiger partial charge is 0.165 e. The van der Waals surface area contributed by atoms with Crippen LogP contribution in [0.2, 0.25) is 0 Å². The third-order valence-electron chi connectivity index (χ3n) is 13.4. The molecule has 0 saturated carbocycles. The van der Waals surface area contributed by atoms with E-state index in [-0.39, 0.29) is 0 Å². The number of quaternary nitrogens is 1. The highest BCUT2D eigenvalue weighted by Gasteiger charge is 2.50. The van der Waals surface area contributed by atoms with Gasteiger partial charge in [0.2, 0.25) is 0 Å². The van der Waals surface area contributed by atoms with Crippen LogP contribution in [0.15, 0.2) is 175 Å². The minimum Gasteiger partial charge on any atom is -0.354 e. The quantitative estimate of drug-likeness (QED) is 0.130. The molecule has 0 amide bonds. The number of fused-ring (bicyclic) bond motifs is 9. The molecule has 0 spiro atoms. The first-order valence-corrected chi connectivity index (χ1v) is 21.6. The average molecular weight is 761 g/mol. The van der Waals surface area contributed by atoms with Crippen molar-refractivity contribution in [3.05, 3.63) is 186 Å². The number of unbranched alkanes of at least 4 members (excludes halogenated alkanes) is 2. The zero-order chi connectivity index (χ0) is 39.2. The van der Waals surface area contributed by atoms with Crippen LogP contribution in [0.3, 0.4) is 0 Å². The van der Waals surface area contributed by atoms with Crippen molar-refractivity contribution in [2.75, 3.05) is 5.32 Å². The maximum atomic E-state index is 4.13. The molecule has 3 heteroatoms. The van der Waals surface area contributed by atoms with Crippen LogP contribution in [0.25, 0.3) is 70.6 Å². The zero-order valence-electron chi connectivity index (χ0n) is 33.7. The van der Waals surface area contributed by atoms with Gasteiger partial charge in [0.25, 0.3) is 0 Å². The highest BCUT2D eigenvalue weighted by molar-refractivity contribution is 6.36. The van der Waals surface area contributed by atoms with Crippen LogP contribution >= 0.6 is 0 Å². The van der Waals surface area contributed by atoms with Crippen LogP contribution in [0.5, 0.6) is 0 Å². The Labute approximate surface area is 345 Å². The lowest BCUT2D eigenvalue weighted by atomic mass is 9.87. The summed E-state index contributed by atoms with van der Waals surface area (Å²) in [7, 11) is 0. The number of para-hydroxylation sites is 1. The van der Waals surface area contributed by atoms with Crippen molar-refractivity contribution in [2.24, 2.45) is 0 Å². The number of hydrogen-bond donors (Lipinski definition) is 1. The molecule has 1 aromatic heterocycles. The molecule has 0 radical (unpaired) electrons. The lowest BCUT2D eigenvalue weighted by Crippen LogP contribution is -2.37. The molecule has 3 nitrogen and oxygen atoms in total. The summed E-state index contributed by atoms with van der Waals surface area (Å²) in [5.74, 6) is 0. The number of rotatable bonds is 11. The van der Waals surface area contributed by atoms with Crippen molar-refractivity contribution in [2.45, 2.75) is 52.4 Å². The SMILES string of the molecule is CCCCc1ccc(Nc2c3c4ccc(cc4)c3c([N+]3(c4ccc(CCCC)cc4)C4=CC=C3C=C4)c3c4ccc5c(c4)c4cc(ccc4n5-c4ccccc4)c23)cc1. The molecule has 284 valence electrons. The van der Waals surface area contributed by atoms with E-state index in [4.69, 9.17) is 0 Å². The van der Waals surface area contributed by atoms with Gasteiger partial charge in [-0.2, -0.15) is 4.48 Å². The summed E-state index contributed by atoms with van der Waals surface area (Å²) in [6, 6.07) is 53.4. The van der Waals surface area contributed by atoms with Gasteiger partial charge < -0.3 is 9.88 Å². The Kier molecular flexibility index (Phi) is 7.67. The van der Waals surface area contributed by atoms with Crippen molar-refractivity contribution in [1.29, 1.82) is 0 Å². The molecule has 2 aliphatic heterocycles. The summed E-state index contributed by atoms with van der Waals surface area (Å²) in [5, 5.41) is 16.8. The number of hydrogen-bond acceptors (Lipinski definition) is 1. The van der Waals surface area contributed by atoms with Gasteiger partial charge in [0.05, 0.1) is 27.5 Å². The molecule has 1 N–H and O–H groups in total. The predicted molar refractivity (Wildman–Crippen MR) is 253 cm³/mol. The number of aryl methyl sites for hydroxylation is 2. The fourth-order valence-corrected chi connectivity index (χ4v) is 10.6. The van der Waals surface area contributed by atoms with E-state index in [2.05, 4.69) is 188 Å². The van der Waals surface area contributed by atoms with Crippen LogP contribution in [0.4, 0.5) is 22.7 Å². The molecule has 59 heavy (non-hydrogen) atoms. The summed E-state index contributed by atoms with van der Waals surface area (Å²) in [6.07, 6.45) is 16.4. The van der Waals surface area contributed by atoms with Crippen molar-refractivity contribution >= 4 is 87.6 Å². The zero-order valence-corrected chi connectivity index (χ0v) is 33.7. The predicted octanol–water partition coefficient (Wildman–Crippen LogP) is 15.7. The van der Waals surface area contributed by atoms with Crippen LogP contribution in [-0.2, 0) is 12.8 Å². The Morgan fingerprint density at radius 3 is 1.59 bits per heavy atom. The third kappa shape index (κ3) is 4.92. The Morgan fingerprint density at radius 1 is 0.508 bits per heavy atom. The highest BCUT2D eigenvalue weighted by Crippen LogP contribution is 2.60. The van der Waals surface area contributed by atoms with Crippen molar-refractivity contribution in [1.82, 2.24) is 9.05 Å². The molecule has 0 fully saturated rings. The van der Waals surface area contributed by atoms with E-state index in [1.54, 1.807) is 0 Å². The Bertz CT molecular complexity index is 3300. The molecule has 13 rings (SSSR count). The van der Waals surface area contributed by atoms with Gasteiger partial charge in [0.15, 0.2) is 5.69 Å². The lowest BCUT2D eigenvalue weighted by Gasteiger charge is -2.36. The molecule has 11 aromatic rings. The summed E-state index contributed by atoms with van der Waals surface area (Å²) >= 11 is 0.